The van der Waals surface area contributed by atoms with Crippen molar-refractivity contribution in [2.24, 2.45) is 0 Å². The summed E-state index contributed by atoms with van der Waals surface area (Å²) < 4.78 is 11.3. The summed E-state index contributed by atoms with van der Waals surface area (Å²) >= 11 is 0. The van der Waals surface area contributed by atoms with Gasteiger partial charge < -0.3 is 14.2 Å². The molecule has 0 aliphatic rings. The van der Waals surface area contributed by atoms with Crippen LogP contribution in [0.4, 0.5) is 0 Å². The molecule has 0 bridgehead atoms. The van der Waals surface area contributed by atoms with Crippen LogP contribution in [0.25, 0.3) is 11.4 Å². The van der Waals surface area contributed by atoms with Gasteiger partial charge in [-0.3, -0.25) is 4.79 Å². The van der Waals surface area contributed by atoms with E-state index in [2.05, 4.69) is 30.9 Å². The minimum atomic E-state index is -0.579. The van der Waals surface area contributed by atoms with Gasteiger partial charge in [-0.2, -0.15) is 4.98 Å². The Morgan fingerprint density at radius 3 is 2.48 bits per heavy atom. The standard InChI is InChI=1S/C25H31N3O3/c1-7-21(30-20-13-11-19(12-14-20)25(3,4)5)24(29)28(6)16-22-26-23(27-31-22)18-10-8-9-17(2)15-18/h8-15,21H,7,16H2,1-6H3. The topological polar surface area (TPSA) is 68.5 Å². The van der Waals surface area contributed by atoms with Crippen LogP contribution in [0.15, 0.2) is 53.1 Å². The average Bonchev–Trinajstić information content (AvgIpc) is 3.19. The fourth-order valence-electron chi connectivity index (χ4n) is 3.25. The zero-order chi connectivity index (χ0) is 22.6. The number of hydrogen-bond acceptors (Lipinski definition) is 5. The number of ether oxygens (including phenoxy) is 1. The van der Waals surface area contributed by atoms with E-state index in [0.717, 1.165) is 11.1 Å². The smallest absolute Gasteiger partial charge is 0.263 e. The molecule has 1 amide bonds. The summed E-state index contributed by atoms with van der Waals surface area (Å²) in [6.45, 7) is 10.7. The quantitative estimate of drug-likeness (QED) is 0.527. The highest BCUT2D eigenvalue weighted by molar-refractivity contribution is 5.81. The number of carbonyl (C=O) groups excluding carboxylic acids is 1. The molecule has 6 heteroatoms. The van der Waals surface area contributed by atoms with E-state index in [1.54, 1.807) is 11.9 Å². The van der Waals surface area contributed by atoms with Crippen molar-refractivity contribution in [1.82, 2.24) is 15.0 Å². The van der Waals surface area contributed by atoms with E-state index in [9.17, 15) is 4.79 Å². The Morgan fingerprint density at radius 1 is 1.16 bits per heavy atom. The van der Waals surface area contributed by atoms with Crippen molar-refractivity contribution in [2.45, 2.75) is 59.1 Å². The third kappa shape index (κ3) is 5.72. The number of aromatic nitrogens is 2. The second kappa shape index (κ2) is 9.33. The number of amides is 1. The monoisotopic (exact) mass is 421 g/mol. The SMILES string of the molecule is CCC(Oc1ccc(C(C)(C)C)cc1)C(=O)N(C)Cc1nc(-c2cccc(C)c2)no1. The molecular weight excluding hydrogens is 390 g/mol. The Morgan fingerprint density at radius 2 is 1.87 bits per heavy atom. The maximum Gasteiger partial charge on any atom is 0.263 e. The fourth-order valence-corrected chi connectivity index (χ4v) is 3.25. The van der Waals surface area contributed by atoms with Gasteiger partial charge in [0.1, 0.15) is 5.75 Å². The van der Waals surface area contributed by atoms with Crippen molar-refractivity contribution in [3.63, 3.8) is 0 Å². The maximum absolute atomic E-state index is 12.9. The van der Waals surface area contributed by atoms with Gasteiger partial charge in [-0.1, -0.05) is 68.7 Å². The Labute approximate surface area is 184 Å². The minimum absolute atomic E-state index is 0.0695. The molecule has 0 saturated carbocycles. The number of carbonyl (C=O) groups is 1. The summed E-state index contributed by atoms with van der Waals surface area (Å²) in [5.41, 5.74) is 3.30. The van der Waals surface area contributed by atoms with Crippen molar-refractivity contribution in [2.75, 3.05) is 7.05 Å². The lowest BCUT2D eigenvalue weighted by molar-refractivity contribution is -0.138. The predicted octanol–water partition coefficient (Wildman–Crippen LogP) is 5.16. The van der Waals surface area contributed by atoms with Crippen molar-refractivity contribution < 1.29 is 14.1 Å². The lowest BCUT2D eigenvalue weighted by Gasteiger charge is -2.23. The van der Waals surface area contributed by atoms with Crippen LogP contribution in [0.2, 0.25) is 0 Å². The second-order valence-corrected chi connectivity index (χ2v) is 8.86. The third-order valence-corrected chi connectivity index (χ3v) is 5.14. The van der Waals surface area contributed by atoms with Gasteiger partial charge >= 0.3 is 0 Å². The van der Waals surface area contributed by atoms with E-state index in [0.29, 0.717) is 23.9 Å². The molecule has 0 aliphatic carbocycles. The summed E-state index contributed by atoms with van der Waals surface area (Å²) in [5.74, 6) is 1.46. The summed E-state index contributed by atoms with van der Waals surface area (Å²) in [4.78, 5) is 18.9. The predicted molar refractivity (Wildman–Crippen MR) is 121 cm³/mol. The Balaban J connectivity index is 1.64. The van der Waals surface area contributed by atoms with Crippen LogP contribution in [0, 0.1) is 6.92 Å². The van der Waals surface area contributed by atoms with Gasteiger partial charge in [-0.25, -0.2) is 0 Å². The lowest BCUT2D eigenvalue weighted by Crippen LogP contribution is -2.39. The Kier molecular flexibility index (Phi) is 6.78. The molecule has 6 nitrogen and oxygen atoms in total. The van der Waals surface area contributed by atoms with E-state index in [1.807, 2.05) is 62.4 Å². The highest BCUT2D eigenvalue weighted by Crippen LogP contribution is 2.25. The van der Waals surface area contributed by atoms with E-state index in [-0.39, 0.29) is 17.9 Å². The third-order valence-electron chi connectivity index (χ3n) is 5.14. The van der Waals surface area contributed by atoms with Crippen molar-refractivity contribution in [3.05, 3.63) is 65.5 Å². The first-order chi connectivity index (χ1) is 14.7. The number of aryl methyl sites for hydroxylation is 1. The minimum Gasteiger partial charge on any atom is -0.481 e. The molecule has 0 N–H and O–H groups in total. The number of benzene rings is 2. The molecule has 1 atom stereocenters. The zero-order valence-corrected chi connectivity index (χ0v) is 19.2. The number of hydrogen-bond donors (Lipinski definition) is 0. The summed E-state index contributed by atoms with van der Waals surface area (Å²) in [6, 6.07) is 15.8. The van der Waals surface area contributed by atoms with Crippen LogP contribution in [0.5, 0.6) is 5.75 Å². The van der Waals surface area contributed by atoms with Gasteiger partial charge in [0.2, 0.25) is 11.7 Å². The number of rotatable bonds is 7. The molecular formula is C25H31N3O3. The van der Waals surface area contributed by atoms with E-state index in [4.69, 9.17) is 9.26 Å². The number of likely N-dealkylation sites (N-methyl/N-ethyl adjacent to an activating group) is 1. The summed E-state index contributed by atoms with van der Waals surface area (Å²) in [5, 5.41) is 4.05. The van der Waals surface area contributed by atoms with Crippen LogP contribution in [-0.2, 0) is 16.8 Å². The van der Waals surface area contributed by atoms with Crippen LogP contribution in [-0.4, -0.2) is 34.1 Å². The average molecular weight is 422 g/mol. The Bertz CT molecular complexity index is 1020. The van der Waals surface area contributed by atoms with Crippen LogP contribution < -0.4 is 4.74 Å². The largest absolute Gasteiger partial charge is 0.481 e. The molecule has 0 spiro atoms. The zero-order valence-electron chi connectivity index (χ0n) is 19.2. The normalized spacial score (nSPS) is 12.5. The highest BCUT2D eigenvalue weighted by Gasteiger charge is 2.24. The summed E-state index contributed by atoms with van der Waals surface area (Å²) in [7, 11) is 1.72. The first-order valence-electron chi connectivity index (χ1n) is 10.6. The molecule has 0 saturated heterocycles. The summed E-state index contributed by atoms with van der Waals surface area (Å²) in [6.07, 6.45) is -0.0209. The molecule has 0 aliphatic heterocycles. The molecule has 2 aromatic carbocycles. The molecule has 0 fully saturated rings. The van der Waals surface area contributed by atoms with Gasteiger partial charge in [0.15, 0.2) is 6.10 Å². The first-order valence-corrected chi connectivity index (χ1v) is 10.6. The van der Waals surface area contributed by atoms with E-state index < -0.39 is 6.10 Å². The van der Waals surface area contributed by atoms with Crippen molar-refractivity contribution in [1.29, 1.82) is 0 Å². The lowest BCUT2D eigenvalue weighted by atomic mass is 9.87. The molecule has 1 unspecified atom stereocenters. The maximum atomic E-state index is 12.9. The highest BCUT2D eigenvalue weighted by atomic mass is 16.5. The van der Waals surface area contributed by atoms with Crippen LogP contribution in [0.3, 0.4) is 0 Å². The molecule has 31 heavy (non-hydrogen) atoms. The van der Waals surface area contributed by atoms with E-state index >= 15 is 0 Å². The fraction of sp³-hybridized carbons (Fsp3) is 0.400. The van der Waals surface area contributed by atoms with Crippen LogP contribution >= 0.6 is 0 Å². The molecule has 3 rings (SSSR count). The Hall–Kier alpha value is -3.15. The van der Waals surface area contributed by atoms with Crippen molar-refractivity contribution in [3.8, 4) is 17.1 Å². The van der Waals surface area contributed by atoms with Crippen LogP contribution in [0.1, 0.15) is 51.1 Å². The molecule has 0 radical (unpaired) electrons. The van der Waals surface area contributed by atoms with Gasteiger partial charge in [0, 0.05) is 12.6 Å². The second-order valence-electron chi connectivity index (χ2n) is 8.86. The van der Waals surface area contributed by atoms with Gasteiger partial charge in [-0.05, 0) is 42.5 Å². The number of nitrogens with zero attached hydrogens (tertiary/aromatic N) is 3. The molecule has 164 valence electrons. The first kappa shape index (κ1) is 22.5. The van der Waals surface area contributed by atoms with Gasteiger partial charge in [0.25, 0.3) is 5.91 Å². The van der Waals surface area contributed by atoms with Gasteiger partial charge in [-0.15, -0.1) is 0 Å². The van der Waals surface area contributed by atoms with Gasteiger partial charge in [0.05, 0.1) is 6.54 Å². The molecule has 1 aromatic heterocycles. The van der Waals surface area contributed by atoms with Crippen molar-refractivity contribution >= 4 is 5.91 Å². The van der Waals surface area contributed by atoms with E-state index in [1.165, 1.54) is 5.56 Å². The molecule has 1 heterocycles. The molecule has 3 aromatic rings.